The zero-order chi connectivity index (χ0) is 24.0. The van der Waals surface area contributed by atoms with Crippen molar-refractivity contribution in [1.29, 1.82) is 0 Å². The first-order valence-electron chi connectivity index (χ1n) is 11.4. The van der Waals surface area contributed by atoms with Crippen LogP contribution in [-0.2, 0) is 14.3 Å². The van der Waals surface area contributed by atoms with Gasteiger partial charge in [0.2, 0.25) is 10.4 Å². The SMILES string of the molecule is COC(=O)C[C@@H](C)c1cnc(N(CC(C)C)[C@H]2CC[C@@H](OC)CC2)c(Nc2nc(Cl)ns2)c1. The third-order valence-electron chi connectivity index (χ3n) is 6.05. The number of methoxy groups -OCH3 is 2. The summed E-state index contributed by atoms with van der Waals surface area (Å²) < 4.78 is 14.5. The lowest BCUT2D eigenvalue weighted by Gasteiger charge is -2.39. The monoisotopic (exact) mass is 495 g/mol. The first-order valence-corrected chi connectivity index (χ1v) is 12.6. The summed E-state index contributed by atoms with van der Waals surface area (Å²) >= 11 is 7.17. The van der Waals surface area contributed by atoms with Gasteiger partial charge in [-0.25, -0.2) is 4.98 Å². The fraction of sp³-hybridized carbons (Fsp3) is 0.652. The number of aromatic nitrogens is 3. The maximum Gasteiger partial charge on any atom is 0.306 e. The fourth-order valence-corrected chi connectivity index (χ4v) is 5.00. The number of esters is 1. The number of rotatable bonds is 10. The van der Waals surface area contributed by atoms with Crippen LogP contribution in [0, 0.1) is 5.92 Å². The van der Waals surface area contributed by atoms with Crippen LogP contribution >= 0.6 is 23.1 Å². The molecule has 2 aromatic rings. The normalized spacial score (nSPS) is 19.4. The summed E-state index contributed by atoms with van der Waals surface area (Å²) in [5.41, 5.74) is 1.79. The molecule has 10 heteroatoms. The van der Waals surface area contributed by atoms with Gasteiger partial charge in [-0.2, -0.15) is 9.36 Å². The molecule has 0 aromatic carbocycles. The lowest BCUT2D eigenvalue weighted by molar-refractivity contribution is -0.140. The standard InChI is InChI=1S/C23H34ClN5O3S/c1-14(2)13-29(17-6-8-18(31-4)9-7-17)21-19(26-23-27-22(24)28-33-23)11-16(12-25-21)15(3)10-20(30)32-5/h11-12,14-15,17-18H,6-10,13H2,1-5H3,(H,26,27,28)/t15-,17-,18+/m1/s1. The Morgan fingerprint density at radius 1 is 1.27 bits per heavy atom. The molecule has 8 nitrogen and oxygen atoms in total. The minimum atomic E-state index is -0.242. The topological polar surface area (TPSA) is 89.5 Å². The van der Waals surface area contributed by atoms with Crippen molar-refractivity contribution in [2.75, 3.05) is 31.0 Å². The Kier molecular flexibility index (Phi) is 9.28. The van der Waals surface area contributed by atoms with E-state index < -0.39 is 0 Å². The zero-order valence-electron chi connectivity index (χ0n) is 20.0. The molecule has 1 atom stereocenters. The van der Waals surface area contributed by atoms with Crippen LogP contribution in [-0.4, -0.2) is 53.2 Å². The number of pyridine rings is 1. The van der Waals surface area contributed by atoms with E-state index in [1.165, 1.54) is 18.6 Å². The molecule has 0 unspecified atom stereocenters. The fourth-order valence-electron chi connectivity index (χ4n) is 4.28. The maximum atomic E-state index is 11.8. The Morgan fingerprint density at radius 3 is 2.58 bits per heavy atom. The van der Waals surface area contributed by atoms with E-state index in [-0.39, 0.29) is 17.2 Å². The van der Waals surface area contributed by atoms with Crippen molar-refractivity contribution in [2.24, 2.45) is 5.92 Å². The van der Waals surface area contributed by atoms with Crippen molar-refractivity contribution in [3.63, 3.8) is 0 Å². The Hall–Kier alpha value is -1.97. The molecule has 1 fully saturated rings. The van der Waals surface area contributed by atoms with E-state index in [1.807, 2.05) is 13.1 Å². The molecule has 0 aliphatic heterocycles. The van der Waals surface area contributed by atoms with Crippen LogP contribution in [0.3, 0.4) is 0 Å². The number of ether oxygens (including phenoxy) is 2. The molecule has 1 aliphatic rings. The third kappa shape index (κ3) is 7.01. The number of carbonyl (C=O) groups is 1. The zero-order valence-corrected chi connectivity index (χ0v) is 21.6. The van der Waals surface area contributed by atoms with Crippen LogP contribution in [0.2, 0.25) is 5.28 Å². The van der Waals surface area contributed by atoms with Gasteiger partial charge in [-0.05, 0) is 60.7 Å². The van der Waals surface area contributed by atoms with E-state index in [0.717, 1.165) is 49.3 Å². The molecule has 1 aliphatic carbocycles. The summed E-state index contributed by atoms with van der Waals surface area (Å²) in [6.07, 6.45) is 6.68. The van der Waals surface area contributed by atoms with Gasteiger partial charge in [0.25, 0.3) is 0 Å². The van der Waals surface area contributed by atoms with Gasteiger partial charge in [0.1, 0.15) is 0 Å². The summed E-state index contributed by atoms with van der Waals surface area (Å²) in [5, 5.41) is 4.20. The van der Waals surface area contributed by atoms with Gasteiger partial charge in [0, 0.05) is 37.4 Å². The lowest BCUT2D eigenvalue weighted by Crippen LogP contribution is -2.42. The van der Waals surface area contributed by atoms with E-state index in [9.17, 15) is 4.79 Å². The molecule has 0 bridgehead atoms. The number of carbonyl (C=O) groups excluding carboxylic acids is 1. The van der Waals surface area contributed by atoms with E-state index in [2.05, 4.69) is 39.5 Å². The minimum absolute atomic E-state index is 0.0340. The first kappa shape index (κ1) is 25.6. The summed E-state index contributed by atoms with van der Waals surface area (Å²) in [7, 11) is 3.20. The number of halogens is 1. The van der Waals surface area contributed by atoms with Crippen LogP contribution in [0.15, 0.2) is 12.3 Å². The number of anilines is 3. The number of nitrogens with one attached hydrogen (secondary N) is 1. The van der Waals surface area contributed by atoms with Crippen molar-refractivity contribution in [1.82, 2.24) is 14.3 Å². The summed E-state index contributed by atoms with van der Waals surface area (Å²) in [6.45, 7) is 7.32. The highest BCUT2D eigenvalue weighted by molar-refractivity contribution is 7.10. The molecule has 33 heavy (non-hydrogen) atoms. The van der Waals surface area contributed by atoms with Gasteiger partial charge >= 0.3 is 5.97 Å². The van der Waals surface area contributed by atoms with Gasteiger partial charge in [-0.1, -0.05) is 20.8 Å². The molecule has 0 spiro atoms. The maximum absolute atomic E-state index is 11.8. The molecule has 2 heterocycles. The summed E-state index contributed by atoms with van der Waals surface area (Å²) in [5.74, 6) is 1.07. The Balaban J connectivity index is 1.96. The van der Waals surface area contributed by atoms with Crippen LogP contribution < -0.4 is 10.2 Å². The van der Waals surface area contributed by atoms with Gasteiger partial charge in [-0.3, -0.25) is 4.79 Å². The second kappa shape index (κ2) is 11.9. The summed E-state index contributed by atoms with van der Waals surface area (Å²) in [4.78, 5) is 23.4. The average Bonchev–Trinajstić information content (AvgIpc) is 3.21. The average molecular weight is 496 g/mol. The van der Waals surface area contributed by atoms with E-state index in [0.29, 0.717) is 29.6 Å². The van der Waals surface area contributed by atoms with Crippen molar-refractivity contribution in [3.8, 4) is 0 Å². The van der Waals surface area contributed by atoms with Gasteiger partial charge in [-0.15, -0.1) is 0 Å². The second-order valence-electron chi connectivity index (χ2n) is 9.03. The van der Waals surface area contributed by atoms with Crippen LogP contribution in [0.4, 0.5) is 16.6 Å². The molecular formula is C23H34ClN5O3S. The number of nitrogens with zero attached hydrogens (tertiary/aromatic N) is 4. The predicted molar refractivity (Wildman–Crippen MR) is 133 cm³/mol. The molecule has 3 rings (SSSR count). The second-order valence-corrected chi connectivity index (χ2v) is 10.1. The molecule has 1 N–H and O–H groups in total. The predicted octanol–water partition coefficient (Wildman–Crippen LogP) is 5.42. The van der Waals surface area contributed by atoms with Crippen molar-refractivity contribution in [3.05, 3.63) is 23.1 Å². The minimum Gasteiger partial charge on any atom is -0.469 e. The highest BCUT2D eigenvalue weighted by atomic mass is 35.5. The Labute approximate surface area is 205 Å². The highest BCUT2D eigenvalue weighted by Crippen LogP contribution is 2.36. The molecule has 2 aromatic heterocycles. The van der Waals surface area contributed by atoms with E-state index in [1.54, 1.807) is 7.11 Å². The third-order valence-corrected chi connectivity index (χ3v) is 6.95. The number of hydrogen-bond donors (Lipinski definition) is 1. The van der Waals surface area contributed by atoms with Crippen molar-refractivity contribution < 1.29 is 14.3 Å². The molecule has 0 saturated heterocycles. The van der Waals surface area contributed by atoms with Crippen LogP contribution in [0.1, 0.15) is 64.4 Å². The van der Waals surface area contributed by atoms with Crippen molar-refractivity contribution in [2.45, 2.75) is 70.9 Å². The Bertz CT molecular complexity index is 917. The van der Waals surface area contributed by atoms with Gasteiger partial charge in [0.05, 0.1) is 25.3 Å². The van der Waals surface area contributed by atoms with Crippen LogP contribution in [0.25, 0.3) is 0 Å². The molecule has 0 amide bonds. The highest BCUT2D eigenvalue weighted by Gasteiger charge is 2.29. The van der Waals surface area contributed by atoms with Crippen LogP contribution in [0.5, 0.6) is 0 Å². The first-order chi connectivity index (χ1) is 15.8. The molecule has 0 radical (unpaired) electrons. The van der Waals surface area contributed by atoms with E-state index in [4.69, 9.17) is 26.1 Å². The van der Waals surface area contributed by atoms with Gasteiger partial charge in [0.15, 0.2) is 5.82 Å². The molecule has 182 valence electrons. The quantitative estimate of drug-likeness (QED) is 0.437. The molecular weight excluding hydrogens is 462 g/mol. The number of hydrogen-bond acceptors (Lipinski definition) is 9. The molecule has 1 saturated carbocycles. The largest absolute Gasteiger partial charge is 0.469 e. The van der Waals surface area contributed by atoms with Gasteiger partial charge < -0.3 is 19.7 Å². The van der Waals surface area contributed by atoms with Crippen molar-refractivity contribution >= 4 is 45.7 Å². The lowest BCUT2D eigenvalue weighted by atomic mass is 9.91. The smallest absolute Gasteiger partial charge is 0.306 e. The summed E-state index contributed by atoms with van der Waals surface area (Å²) in [6, 6.07) is 2.43. The van der Waals surface area contributed by atoms with E-state index >= 15 is 0 Å². The Morgan fingerprint density at radius 2 is 2.00 bits per heavy atom.